The minimum atomic E-state index is -0.0619. The van der Waals surface area contributed by atoms with Crippen molar-refractivity contribution in [1.29, 1.82) is 0 Å². The normalized spacial score (nSPS) is 15.1. The summed E-state index contributed by atoms with van der Waals surface area (Å²) >= 11 is 0. The lowest BCUT2D eigenvalue weighted by molar-refractivity contribution is 0.236. The van der Waals surface area contributed by atoms with Crippen LogP contribution in [0.1, 0.15) is 31.2 Å². The Morgan fingerprint density at radius 2 is 1.94 bits per heavy atom. The maximum absolute atomic E-state index is 11.5. The molecule has 0 atom stereocenters. The zero-order valence-electron chi connectivity index (χ0n) is 10.1. The summed E-state index contributed by atoms with van der Waals surface area (Å²) in [5, 5.41) is 5.76. The number of carbonyl (C=O) groups excluding carboxylic acids is 1. The molecule has 1 aromatic rings. The van der Waals surface area contributed by atoms with Gasteiger partial charge in [-0.25, -0.2) is 4.79 Å². The van der Waals surface area contributed by atoms with Crippen LogP contribution in [0.3, 0.4) is 0 Å². The van der Waals surface area contributed by atoms with Gasteiger partial charge in [0.05, 0.1) is 0 Å². The summed E-state index contributed by atoms with van der Waals surface area (Å²) in [6, 6.07) is 9.89. The lowest BCUT2D eigenvalue weighted by Gasteiger charge is -2.25. The zero-order valence-corrected chi connectivity index (χ0v) is 10.1. The van der Waals surface area contributed by atoms with E-state index in [0.29, 0.717) is 6.54 Å². The molecule has 0 radical (unpaired) electrons. The molecule has 2 N–H and O–H groups in total. The van der Waals surface area contributed by atoms with Crippen LogP contribution in [0.25, 0.3) is 0 Å². The van der Waals surface area contributed by atoms with E-state index < -0.39 is 0 Å². The number of rotatable bonds is 5. The summed E-state index contributed by atoms with van der Waals surface area (Å²) < 4.78 is 0. The highest BCUT2D eigenvalue weighted by atomic mass is 16.2. The Kier molecular flexibility index (Phi) is 4.42. The molecule has 92 valence electrons. The first-order valence-electron chi connectivity index (χ1n) is 6.40. The summed E-state index contributed by atoms with van der Waals surface area (Å²) in [6.45, 7) is 1.39. The van der Waals surface area contributed by atoms with E-state index in [1.165, 1.54) is 19.3 Å². The number of carbonyl (C=O) groups is 1. The monoisotopic (exact) mass is 232 g/mol. The quantitative estimate of drug-likeness (QED) is 0.805. The van der Waals surface area contributed by atoms with Crippen molar-refractivity contribution in [3.8, 4) is 0 Å². The van der Waals surface area contributed by atoms with Gasteiger partial charge < -0.3 is 10.6 Å². The molecule has 1 saturated carbocycles. The minimum absolute atomic E-state index is 0.0619. The summed E-state index contributed by atoms with van der Waals surface area (Å²) in [5.74, 6) is 0.851. The van der Waals surface area contributed by atoms with Gasteiger partial charge in [0, 0.05) is 13.1 Å². The molecule has 2 rings (SSSR count). The largest absolute Gasteiger partial charge is 0.338 e. The lowest BCUT2D eigenvalue weighted by atomic mass is 9.83. The Morgan fingerprint density at radius 1 is 1.18 bits per heavy atom. The molecule has 0 saturated heterocycles. The average Bonchev–Trinajstić information content (AvgIpc) is 2.31. The van der Waals surface area contributed by atoms with Gasteiger partial charge in [0.1, 0.15) is 0 Å². The fraction of sp³-hybridized carbons (Fsp3) is 0.500. The Bertz CT molecular complexity index is 346. The topological polar surface area (TPSA) is 41.1 Å². The second-order valence-electron chi connectivity index (χ2n) is 4.68. The van der Waals surface area contributed by atoms with Crippen molar-refractivity contribution in [2.45, 2.75) is 32.2 Å². The number of benzene rings is 1. The van der Waals surface area contributed by atoms with Crippen LogP contribution < -0.4 is 10.6 Å². The van der Waals surface area contributed by atoms with Crippen molar-refractivity contribution >= 4 is 6.03 Å². The molecule has 3 nitrogen and oxygen atoms in total. The third kappa shape index (κ3) is 4.10. The average molecular weight is 232 g/mol. The standard InChI is InChI=1S/C14H20N2O/c17-14(15-10-9-12-7-4-8-12)16-11-13-5-2-1-3-6-13/h1-3,5-6,12H,4,7-11H2,(H2,15,16,17). The number of amides is 2. The predicted molar refractivity (Wildman–Crippen MR) is 68.6 cm³/mol. The van der Waals surface area contributed by atoms with E-state index >= 15 is 0 Å². The van der Waals surface area contributed by atoms with Crippen molar-refractivity contribution in [2.24, 2.45) is 5.92 Å². The predicted octanol–water partition coefficient (Wildman–Crippen LogP) is 2.68. The van der Waals surface area contributed by atoms with Gasteiger partial charge in [0.25, 0.3) is 0 Å². The van der Waals surface area contributed by atoms with E-state index in [-0.39, 0.29) is 6.03 Å². The minimum Gasteiger partial charge on any atom is -0.338 e. The summed E-state index contributed by atoms with van der Waals surface area (Å²) in [6.07, 6.45) is 5.17. The van der Waals surface area contributed by atoms with E-state index in [9.17, 15) is 4.79 Å². The van der Waals surface area contributed by atoms with E-state index in [1.807, 2.05) is 30.3 Å². The van der Waals surface area contributed by atoms with Gasteiger partial charge in [-0.3, -0.25) is 0 Å². The first-order valence-corrected chi connectivity index (χ1v) is 6.40. The molecular formula is C14H20N2O. The number of hydrogen-bond acceptors (Lipinski definition) is 1. The summed E-state index contributed by atoms with van der Waals surface area (Å²) in [7, 11) is 0. The highest BCUT2D eigenvalue weighted by Crippen LogP contribution is 2.28. The van der Waals surface area contributed by atoms with Gasteiger partial charge in [0.15, 0.2) is 0 Å². The lowest BCUT2D eigenvalue weighted by Crippen LogP contribution is -2.36. The zero-order chi connectivity index (χ0) is 11.9. The second kappa shape index (κ2) is 6.28. The van der Waals surface area contributed by atoms with Gasteiger partial charge in [-0.2, -0.15) is 0 Å². The van der Waals surface area contributed by atoms with Crippen molar-refractivity contribution < 1.29 is 4.79 Å². The van der Waals surface area contributed by atoms with E-state index in [1.54, 1.807) is 0 Å². The van der Waals surface area contributed by atoms with Crippen LogP contribution in [0.5, 0.6) is 0 Å². The van der Waals surface area contributed by atoms with E-state index in [4.69, 9.17) is 0 Å². The molecule has 0 bridgehead atoms. The molecule has 0 aliphatic heterocycles. The van der Waals surface area contributed by atoms with E-state index in [0.717, 1.165) is 24.4 Å². The second-order valence-corrected chi connectivity index (χ2v) is 4.68. The van der Waals surface area contributed by atoms with Crippen LogP contribution in [0.2, 0.25) is 0 Å². The van der Waals surface area contributed by atoms with Crippen molar-refractivity contribution in [1.82, 2.24) is 10.6 Å². The van der Waals surface area contributed by atoms with Crippen LogP contribution in [-0.2, 0) is 6.54 Å². The molecule has 17 heavy (non-hydrogen) atoms. The highest BCUT2D eigenvalue weighted by Gasteiger charge is 2.16. The van der Waals surface area contributed by atoms with Crippen molar-refractivity contribution in [3.63, 3.8) is 0 Å². The van der Waals surface area contributed by atoms with Gasteiger partial charge >= 0.3 is 6.03 Å². The Morgan fingerprint density at radius 3 is 2.59 bits per heavy atom. The van der Waals surface area contributed by atoms with Crippen molar-refractivity contribution in [2.75, 3.05) is 6.54 Å². The Balaban J connectivity index is 1.57. The van der Waals surface area contributed by atoms with Crippen LogP contribution in [0.15, 0.2) is 30.3 Å². The molecule has 2 amide bonds. The molecule has 1 aliphatic carbocycles. The summed E-state index contributed by atoms with van der Waals surface area (Å²) in [5.41, 5.74) is 1.13. The first kappa shape index (κ1) is 12.0. The maximum Gasteiger partial charge on any atom is 0.315 e. The Hall–Kier alpha value is -1.51. The fourth-order valence-corrected chi connectivity index (χ4v) is 2.01. The molecule has 3 heteroatoms. The molecule has 1 aromatic carbocycles. The maximum atomic E-state index is 11.5. The number of nitrogens with one attached hydrogen (secondary N) is 2. The van der Waals surface area contributed by atoms with Crippen LogP contribution in [0.4, 0.5) is 4.79 Å². The smallest absolute Gasteiger partial charge is 0.315 e. The molecule has 0 heterocycles. The molecule has 0 unspecified atom stereocenters. The number of urea groups is 1. The van der Waals surface area contributed by atoms with E-state index in [2.05, 4.69) is 10.6 Å². The number of hydrogen-bond donors (Lipinski definition) is 2. The van der Waals surface area contributed by atoms with Crippen LogP contribution in [-0.4, -0.2) is 12.6 Å². The molecule has 0 aromatic heterocycles. The Labute approximate surface area is 103 Å². The molecule has 1 fully saturated rings. The van der Waals surface area contributed by atoms with Gasteiger partial charge in [-0.15, -0.1) is 0 Å². The van der Waals surface area contributed by atoms with Gasteiger partial charge in [0.2, 0.25) is 0 Å². The summed E-state index contributed by atoms with van der Waals surface area (Å²) in [4.78, 5) is 11.5. The first-order chi connectivity index (χ1) is 8.34. The van der Waals surface area contributed by atoms with Crippen LogP contribution in [0, 0.1) is 5.92 Å². The van der Waals surface area contributed by atoms with Gasteiger partial charge in [-0.1, -0.05) is 49.6 Å². The van der Waals surface area contributed by atoms with Gasteiger partial charge in [-0.05, 0) is 17.9 Å². The molecule has 0 spiro atoms. The highest BCUT2D eigenvalue weighted by molar-refractivity contribution is 5.73. The van der Waals surface area contributed by atoms with Crippen LogP contribution >= 0.6 is 0 Å². The third-order valence-corrected chi connectivity index (χ3v) is 3.36. The molecular weight excluding hydrogens is 212 g/mol. The molecule has 1 aliphatic rings. The fourth-order valence-electron chi connectivity index (χ4n) is 2.01. The third-order valence-electron chi connectivity index (χ3n) is 3.36. The SMILES string of the molecule is O=C(NCCC1CCC1)NCc1ccccc1. The van der Waals surface area contributed by atoms with Crippen molar-refractivity contribution in [3.05, 3.63) is 35.9 Å².